The molecule has 1 aliphatic carbocycles. The van der Waals surface area contributed by atoms with E-state index in [1.807, 2.05) is 0 Å². The predicted molar refractivity (Wildman–Crippen MR) is 86.8 cm³/mol. The molecule has 0 aromatic heterocycles. The van der Waals surface area contributed by atoms with Crippen molar-refractivity contribution in [1.82, 2.24) is 10.6 Å². The lowest BCUT2D eigenvalue weighted by Gasteiger charge is -2.36. The summed E-state index contributed by atoms with van der Waals surface area (Å²) in [4.78, 5) is 23.3. The topological polar surface area (TPSA) is 87.7 Å². The number of nitrogens with one attached hydrogen (secondary N) is 2. The monoisotopic (exact) mass is 326 g/mol. The highest BCUT2D eigenvalue weighted by Crippen LogP contribution is 2.24. The first-order chi connectivity index (χ1) is 11.1. The van der Waals surface area contributed by atoms with E-state index in [1.165, 1.54) is 13.3 Å². The number of carbonyl (C=O) groups is 2. The van der Waals surface area contributed by atoms with E-state index >= 15 is 0 Å². The molecule has 0 aromatic rings. The van der Waals surface area contributed by atoms with Crippen molar-refractivity contribution in [3.8, 4) is 0 Å². The van der Waals surface area contributed by atoms with Gasteiger partial charge in [-0.15, -0.1) is 0 Å². The predicted octanol–water partition coefficient (Wildman–Crippen LogP) is 1.12. The minimum absolute atomic E-state index is 0.0313. The first-order valence-electron chi connectivity index (χ1n) is 8.91. The number of amides is 2. The average molecular weight is 326 g/mol. The largest absolute Gasteiger partial charge is 0.394 e. The zero-order valence-corrected chi connectivity index (χ0v) is 14.1. The van der Waals surface area contributed by atoms with Crippen LogP contribution in [0.3, 0.4) is 0 Å². The van der Waals surface area contributed by atoms with Gasteiger partial charge in [0.1, 0.15) is 6.10 Å². The molecule has 0 radical (unpaired) electrons. The Morgan fingerprint density at radius 1 is 1.13 bits per heavy atom. The quantitative estimate of drug-likeness (QED) is 0.682. The highest BCUT2D eigenvalue weighted by molar-refractivity contribution is 5.78. The summed E-state index contributed by atoms with van der Waals surface area (Å²) in [5.74, 6) is 0.260. The number of carbonyl (C=O) groups excluding carboxylic acids is 2. The molecule has 6 heteroatoms. The fourth-order valence-electron chi connectivity index (χ4n) is 3.64. The molecule has 1 aliphatic heterocycles. The molecular weight excluding hydrogens is 296 g/mol. The molecule has 6 nitrogen and oxygen atoms in total. The molecule has 0 aromatic carbocycles. The third-order valence-electron chi connectivity index (χ3n) is 4.93. The zero-order chi connectivity index (χ0) is 16.7. The third kappa shape index (κ3) is 5.77. The van der Waals surface area contributed by atoms with Crippen LogP contribution >= 0.6 is 0 Å². The van der Waals surface area contributed by atoms with Gasteiger partial charge in [0.2, 0.25) is 11.8 Å². The SMILES string of the molecule is CC(=O)N[C@H]1CC[C@@H](CCNC(=O)C2CCCCC2)O[C@@H]1CO. The van der Waals surface area contributed by atoms with Crippen LogP contribution in [0, 0.1) is 5.92 Å². The summed E-state index contributed by atoms with van der Waals surface area (Å²) in [7, 11) is 0. The number of hydrogen-bond acceptors (Lipinski definition) is 4. The Morgan fingerprint density at radius 2 is 1.87 bits per heavy atom. The standard InChI is InChI=1S/C17H30N2O4/c1-12(21)19-15-8-7-14(23-16(15)11-20)9-10-18-17(22)13-5-3-2-4-6-13/h13-16,20H,2-11H2,1H3,(H,18,22)(H,19,21)/t14-,15-,16+/m0/s1. The van der Waals surface area contributed by atoms with Gasteiger partial charge in [0.05, 0.1) is 18.8 Å². The fourth-order valence-corrected chi connectivity index (χ4v) is 3.64. The van der Waals surface area contributed by atoms with Gasteiger partial charge >= 0.3 is 0 Å². The normalized spacial score (nSPS) is 29.0. The van der Waals surface area contributed by atoms with E-state index < -0.39 is 0 Å². The lowest BCUT2D eigenvalue weighted by molar-refractivity contribution is -0.128. The molecule has 23 heavy (non-hydrogen) atoms. The molecule has 2 rings (SSSR count). The summed E-state index contributed by atoms with van der Waals surface area (Å²) < 4.78 is 5.86. The van der Waals surface area contributed by atoms with E-state index in [0.29, 0.717) is 6.54 Å². The van der Waals surface area contributed by atoms with Crippen molar-refractivity contribution in [2.75, 3.05) is 13.2 Å². The van der Waals surface area contributed by atoms with E-state index in [0.717, 1.165) is 44.9 Å². The molecule has 132 valence electrons. The summed E-state index contributed by atoms with van der Waals surface area (Å²) in [5.41, 5.74) is 0. The molecule has 0 spiro atoms. The van der Waals surface area contributed by atoms with Crippen molar-refractivity contribution in [2.24, 2.45) is 5.92 Å². The molecule has 3 N–H and O–H groups in total. The Kier molecular flexibility index (Phi) is 7.30. The Hall–Kier alpha value is -1.14. The minimum atomic E-state index is -0.355. The summed E-state index contributed by atoms with van der Waals surface area (Å²) in [6, 6.07) is -0.120. The molecule has 0 bridgehead atoms. The van der Waals surface area contributed by atoms with Gasteiger partial charge in [-0.2, -0.15) is 0 Å². The second-order valence-electron chi connectivity index (χ2n) is 6.78. The Morgan fingerprint density at radius 3 is 2.52 bits per heavy atom. The minimum Gasteiger partial charge on any atom is -0.394 e. The molecule has 2 fully saturated rings. The fraction of sp³-hybridized carbons (Fsp3) is 0.882. The van der Waals surface area contributed by atoms with Gasteiger partial charge in [-0.25, -0.2) is 0 Å². The van der Waals surface area contributed by atoms with Crippen LogP contribution in [0.25, 0.3) is 0 Å². The lowest BCUT2D eigenvalue weighted by Crippen LogP contribution is -2.50. The second-order valence-corrected chi connectivity index (χ2v) is 6.78. The maximum atomic E-state index is 12.1. The van der Waals surface area contributed by atoms with Gasteiger partial charge in [0.15, 0.2) is 0 Å². The number of hydrogen-bond donors (Lipinski definition) is 3. The molecule has 2 amide bonds. The average Bonchev–Trinajstić information content (AvgIpc) is 2.56. The molecular formula is C17H30N2O4. The van der Waals surface area contributed by atoms with Gasteiger partial charge in [0, 0.05) is 19.4 Å². The zero-order valence-electron chi connectivity index (χ0n) is 14.1. The van der Waals surface area contributed by atoms with Crippen LogP contribution < -0.4 is 10.6 Å². The van der Waals surface area contributed by atoms with Crippen molar-refractivity contribution in [1.29, 1.82) is 0 Å². The Labute approximate surface area is 138 Å². The Balaban J connectivity index is 1.68. The molecule has 3 atom stereocenters. The number of aliphatic hydroxyl groups is 1. The van der Waals surface area contributed by atoms with Crippen molar-refractivity contribution >= 4 is 11.8 Å². The number of ether oxygens (including phenoxy) is 1. The van der Waals surface area contributed by atoms with Crippen LogP contribution in [-0.4, -0.2) is 48.3 Å². The number of rotatable bonds is 6. The van der Waals surface area contributed by atoms with Crippen molar-refractivity contribution in [2.45, 2.75) is 76.5 Å². The van der Waals surface area contributed by atoms with Gasteiger partial charge in [-0.05, 0) is 32.1 Å². The molecule has 0 unspecified atom stereocenters. The van der Waals surface area contributed by atoms with Crippen LogP contribution in [0.2, 0.25) is 0 Å². The second kappa shape index (κ2) is 9.23. The van der Waals surface area contributed by atoms with Crippen LogP contribution in [0.15, 0.2) is 0 Å². The van der Waals surface area contributed by atoms with Crippen molar-refractivity contribution in [3.63, 3.8) is 0 Å². The Bertz CT molecular complexity index is 396. The summed E-state index contributed by atoms with van der Waals surface area (Å²) >= 11 is 0. The van der Waals surface area contributed by atoms with Crippen LogP contribution in [0.4, 0.5) is 0 Å². The van der Waals surface area contributed by atoms with Crippen LogP contribution in [0.1, 0.15) is 58.3 Å². The smallest absolute Gasteiger partial charge is 0.223 e. The third-order valence-corrected chi connectivity index (χ3v) is 4.93. The highest BCUT2D eigenvalue weighted by Gasteiger charge is 2.31. The first kappa shape index (κ1) is 18.2. The van der Waals surface area contributed by atoms with E-state index in [2.05, 4.69) is 10.6 Å². The van der Waals surface area contributed by atoms with E-state index in [9.17, 15) is 14.7 Å². The summed E-state index contributed by atoms with van der Waals surface area (Å²) in [6.45, 7) is 1.99. The highest BCUT2D eigenvalue weighted by atomic mass is 16.5. The van der Waals surface area contributed by atoms with Crippen molar-refractivity contribution < 1.29 is 19.4 Å². The van der Waals surface area contributed by atoms with Gasteiger partial charge in [-0.3, -0.25) is 9.59 Å². The summed E-state index contributed by atoms with van der Waals surface area (Å²) in [5, 5.41) is 15.3. The van der Waals surface area contributed by atoms with Gasteiger partial charge < -0.3 is 20.5 Å². The molecule has 1 saturated carbocycles. The maximum absolute atomic E-state index is 12.1. The summed E-state index contributed by atoms with van der Waals surface area (Å²) in [6.07, 6.45) is 7.65. The van der Waals surface area contributed by atoms with Crippen molar-refractivity contribution in [3.05, 3.63) is 0 Å². The van der Waals surface area contributed by atoms with E-state index in [4.69, 9.17) is 4.74 Å². The van der Waals surface area contributed by atoms with Crippen LogP contribution in [-0.2, 0) is 14.3 Å². The van der Waals surface area contributed by atoms with E-state index in [-0.39, 0.29) is 42.6 Å². The van der Waals surface area contributed by atoms with Gasteiger partial charge in [-0.1, -0.05) is 19.3 Å². The first-order valence-corrected chi connectivity index (χ1v) is 8.91. The molecule has 1 saturated heterocycles. The maximum Gasteiger partial charge on any atom is 0.223 e. The molecule has 1 heterocycles. The van der Waals surface area contributed by atoms with Gasteiger partial charge in [0.25, 0.3) is 0 Å². The van der Waals surface area contributed by atoms with Crippen LogP contribution in [0.5, 0.6) is 0 Å². The molecule has 2 aliphatic rings. The number of aliphatic hydroxyl groups excluding tert-OH is 1. The van der Waals surface area contributed by atoms with E-state index in [1.54, 1.807) is 0 Å². The lowest BCUT2D eigenvalue weighted by atomic mass is 9.88.